The third-order valence-electron chi connectivity index (χ3n) is 5.22. The minimum atomic E-state index is -4.54. The van der Waals surface area contributed by atoms with Crippen LogP contribution < -0.4 is 10.5 Å². The van der Waals surface area contributed by atoms with E-state index in [0.717, 1.165) is 47.9 Å². The number of nitrogens with one attached hydrogen (secondary N) is 1. The lowest BCUT2D eigenvalue weighted by Gasteiger charge is -2.22. The number of nitrogen functional groups attached to an aromatic ring is 1. The fraction of sp³-hybridized carbons (Fsp3) is 0.261. The number of aromatic nitrogens is 3. The summed E-state index contributed by atoms with van der Waals surface area (Å²) in [6, 6.07) is 5.98. The van der Waals surface area contributed by atoms with Crippen molar-refractivity contribution in [1.82, 2.24) is 19.3 Å². The average Bonchev–Trinajstić information content (AvgIpc) is 3.46. The minimum Gasteiger partial charge on any atom is -0.477 e. The molecule has 4 rings (SSSR count). The smallest absolute Gasteiger partial charge is 0.416 e. The highest BCUT2D eigenvalue weighted by atomic mass is 35.5. The van der Waals surface area contributed by atoms with E-state index in [9.17, 15) is 35.2 Å². The molecule has 0 atom stereocenters. The van der Waals surface area contributed by atoms with Crippen LogP contribution in [0.4, 0.5) is 27.6 Å². The normalized spacial score (nSPS) is 12.4. The lowest BCUT2D eigenvalue weighted by Crippen LogP contribution is -2.45. The van der Waals surface area contributed by atoms with Crippen LogP contribution in [0.2, 0.25) is 4.34 Å². The molecule has 3 aromatic heterocycles. The van der Waals surface area contributed by atoms with Crippen LogP contribution in [0.5, 0.6) is 0 Å². The number of nitrogens with zero attached hydrogens (tertiary/aromatic N) is 3. The number of halogens is 6. The predicted octanol–water partition coefficient (Wildman–Crippen LogP) is 5.08. The van der Waals surface area contributed by atoms with Gasteiger partial charge in [-0.2, -0.15) is 18.3 Å². The molecule has 0 fully saturated rings. The van der Waals surface area contributed by atoms with Crippen LogP contribution in [0, 0.1) is 0 Å². The summed E-state index contributed by atoms with van der Waals surface area (Å²) in [6.45, 7) is 2.84. The van der Waals surface area contributed by atoms with E-state index in [4.69, 9.17) is 27.5 Å². The number of alkyl halides is 5. The second-order valence-corrected chi connectivity index (χ2v) is 12.5. The molecule has 10 nitrogen and oxygen atoms in total. The van der Waals surface area contributed by atoms with Gasteiger partial charge >= 0.3 is 12.1 Å². The molecule has 0 spiro atoms. The Balaban J connectivity index is 0.000000250. The number of fused-ring (bicyclic) bond motifs is 1. The molecule has 3 heterocycles. The average molecular weight is 642 g/mol. The Morgan fingerprint density at radius 2 is 1.80 bits per heavy atom. The van der Waals surface area contributed by atoms with Crippen LogP contribution >= 0.6 is 22.9 Å². The van der Waals surface area contributed by atoms with Crippen LogP contribution in [0.25, 0.3) is 16.9 Å². The van der Waals surface area contributed by atoms with Crippen molar-refractivity contribution in [2.45, 2.75) is 36.2 Å². The molecule has 0 saturated carbocycles. The molecule has 1 aromatic carbocycles. The molecule has 0 unspecified atom stereocenters. The van der Waals surface area contributed by atoms with Gasteiger partial charge in [-0.3, -0.25) is 0 Å². The third kappa shape index (κ3) is 7.48. The Bertz CT molecular complexity index is 1650. The molecule has 4 aromatic rings. The van der Waals surface area contributed by atoms with E-state index in [0.29, 0.717) is 4.52 Å². The van der Waals surface area contributed by atoms with E-state index < -0.39 is 51.0 Å². The fourth-order valence-corrected chi connectivity index (χ4v) is 6.18. The van der Waals surface area contributed by atoms with Gasteiger partial charge in [0.05, 0.1) is 35.3 Å². The maximum absolute atomic E-state index is 13.2. The monoisotopic (exact) mass is 641 g/mol. The zero-order valence-corrected chi connectivity index (χ0v) is 23.3. The number of carbonyl (C=O) groups is 1. The van der Waals surface area contributed by atoms with Crippen molar-refractivity contribution in [3.05, 3.63) is 63.8 Å². The van der Waals surface area contributed by atoms with Crippen LogP contribution in [0.1, 0.15) is 41.9 Å². The van der Waals surface area contributed by atoms with Crippen LogP contribution in [0.15, 0.2) is 46.8 Å². The number of sulfonamides is 1. The molecular formula is C23H21ClF5N5O5S2. The molecule has 0 aliphatic carbocycles. The molecule has 0 aliphatic heterocycles. The summed E-state index contributed by atoms with van der Waals surface area (Å²) in [6.07, 6.45) is -6.64. The van der Waals surface area contributed by atoms with Gasteiger partial charge in [-0.05, 0) is 38.1 Å². The van der Waals surface area contributed by atoms with Crippen molar-refractivity contribution in [1.29, 1.82) is 0 Å². The van der Waals surface area contributed by atoms with E-state index in [1.807, 2.05) is 0 Å². The van der Waals surface area contributed by atoms with Gasteiger partial charge in [-0.1, -0.05) is 23.7 Å². The zero-order chi connectivity index (χ0) is 30.9. The lowest BCUT2D eigenvalue weighted by molar-refractivity contribution is -0.137. The van der Waals surface area contributed by atoms with Crippen molar-refractivity contribution >= 4 is 50.3 Å². The van der Waals surface area contributed by atoms with Crippen molar-refractivity contribution in [2.24, 2.45) is 0 Å². The highest BCUT2D eigenvalue weighted by Gasteiger charge is 2.30. The molecule has 41 heavy (non-hydrogen) atoms. The van der Waals surface area contributed by atoms with Crippen LogP contribution in [-0.4, -0.2) is 51.3 Å². The number of hydrogen-bond acceptors (Lipinski definition) is 8. The summed E-state index contributed by atoms with van der Waals surface area (Å²) in [5.41, 5.74) is 2.59. The molecular weight excluding hydrogens is 621 g/mol. The summed E-state index contributed by atoms with van der Waals surface area (Å²) in [5, 5.41) is 21.7. The first-order valence-electron chi connectivity index (χ1n) is 11.1. The number of aromatic carboxylic acids is 1. The summed E-state index contributed by atoms with van der Waals surface area (Å²) in [7, 11) is -3.69. The number of carboxylic acids is 1. The summed E-state index contributed by atoms with van der Waals surface area (Å²) >= 11 is 6.57. The predicted molar refractivity (Wildman–Crippen MR) is 141 cm³/mol. The lowest BCUT2D eigenvalue weighted by atomic mass is 10.1. The molecule has 0 aliphatic rings. The van der Waals surface area contributed by atoms with E-state index in [1.54, 1.807) is 13.8 Å². The number of anilines is 1. The molecule has 0 amide bonds. The van der Waals surface area contributed by atoms with Gasteiger partial charge in [-0.15, -0.1) is 11.3 Å². The topological polar surface area (TPSA) is 160 Å². The Labute approximate surface area is 238 Å². The fourth-order valence-electron chi connectivity index (χ4n) is 3.21. The number of hydrogen-bond donors (Lipinski definition) is 4. The number of thiophene rings is 1. The Kier molecular flexibility index (Phi) is 9.29. The molecule has 0 saturated heterocycles. The molecule has 0 bridgehead atoms. The second-order valence-electron chi connectivity index (χ2n) is 8.98. The maximum atomic E-state index is 13.2. The van der Waals surface area contributed by atoms with E-state index in [-0.39, 0.29) is 37.7 Å². The van der Waals surface area contributed by atoms with Gasteiger partial charge in [0.25, 0.3) is 16.4 Å². The Morgan fingerprint density at radius 1 is 1.20 bits per heavy atom. The van der Waals surface area contributed by atoms with Crippen LogP contribution in [-0.2, 0) is 16.2 Å². The van der Waals surface area contributed by atoms with Gasteiger partial charge < -0.3 is 15.9 Å². The van der Waals surface area contributed by atoms with E-state index in [2.05, 4.69) is 14.8 Å². The van der Waals surface area contributed by atoms with E-state index >= 15 is 0 Å². The number of aliphatic hydroxyl groups is 1. The minimum absolute atomic E-state index is 0.0384. The Hall–Kier alpha value is -3.38. The van der Waals surface area contributed by atoms with E-state index in [1.165, 1.54) is 6.07 Å². The van der Waals surface area contributed by atoms with Crippen LogP contribution in [0.3, 0.4) is 0 Å². The SMILES string of the molecule is CC(C)(CO)NS(=O)(=O)c1cc(N)c(Cl)s1.O=C(O)c1cnn2c(C(F)F)cc(-c3ccc(C(F)(F)F)cc3)nc12. The van der Waals surface area contributed by atoms with Crippen molar-refractivity contribution in [2.75, 3.05) is 12.3 Å². The summed E-state index contributed by atoms with van der Waals surface area (Å²) in [5.74, 6) is -1.41. The van der Waals surface area contributed by atoms with Gasteiger partial charge in [0.1, 0.15) is 19.8 Å². The first-order valence-corrected chi connectivity index (χ1v) is 13.8. The maximum Gasteiger partial charge on any atom is 0.416 e. The molecule has 18 heteroatoms. The third-order valence-corrected chi connectivity index (χ3v) is 8.78. The van der Waals surface area contributed by atoms with Gasteiger partial charge in [0.2, 0.25) is 0 Å². The molecule has 222 valence electrons. The number of benzene rings is 1. The number of nitrogens with two attached hydrogens (primary N) is 1. The number of carboxylic acid groups (broad SMARTS) is 1. The highest BCUT2D eigenvalue weighted by molar-refractivity contribution is 7.91. The summed E-state index contributed by atoms with van der Waals surface area (Å²) < 4.78 is 91.3. The quantitative estimate of drug-likeness (QED) is 0.203. The first-order chi connectivity index (χ1) is 18.9. The van der Waals surface area contributed by atoms with Crippen molar-refractivity contribution in [3.63, 3.8) is 0 Å². The van der Waals surface area contributed by atoms with Gasteiger partial charge in [-0.25, -0.2) is 36.2 Å². The zero-order valence-electron chi connectivity index (χ0n) is 20.9. The molecule has 0 radical (unpaired) electrons. The summed E-state index contributed by atoms with van der Waals surface area (Å²) in [4.78, 5) is 15.1. The van der Waals surface area contributed by atoms with Gasteiger partial charge in [0.15, 0.2) is 5.65 Å². The second kappa shape index (κ2) is 11.8. The number of aliphatic hydroxyl groups excluding tert-OH is 1. The standard InChI is InChI=1S/C15H8F5N3O2.C8H13ClN2O3S2/c16-12(17)11-5-10(7-1-3-8(4-2-7)15(18,19)20)22-13-9(14(24)25)6-21-23(11)13;1-8(2,4-12)11-16(13,14)6-3-5(10)7(9)15-6/h1-6,12H,(H,24,25);3,11-12H,4,10H2,1-2H3. The largest absolute Gasteiger partial charge is 0.477 e. The molecule has 5 N–H and O–H groups in total. The first kappa shape index (κ1) is 32.1. The number of rotatable bonds is 7. The van der Waals surface area contributed by atoms with Crippen molar-refractivity contribution in [3.8, 4) is 11.3 Å². The highest BCUT2D eigenvalue weighted by Crippen LogP contribution is 2.33. The van der Waals surface area contributed by atoms with Crippen molar-refractivity contribution < 1.29 is 45.4 Å². The van der Waals surface area contributed by atoms with Gasteiger partial charge in [0, 0.05) is 5.56 Å². The Morgan fingerprint density at radius 3 is 2.27 bits per heavy atom.